The molecule has 0 atom stereocenters. The molecule has 5 heterocycles. The van der Waals surface area contributed by atoms with Crippen LogP contribution in [-0.2, 0) is 21.7 Å². The van der Waals surface area contributed by atoms with E-state index in [0.717, 1.165) is 33.3 Å². The van der Waals surface area contributed by atoms with Crippen LogP contribution in [0.15, 0.2) is 120 Å². The van der Waals surface area contributed by atoms with Gasteiger partial charge in [0.15, 0.2) is 0 Å². The van der Waals surface area contributed by atoms with Crippen LogP contribution in [0.2, 0.25) is 0 Å². The Labute approximate surface area is 396 Å². The SMILES string of the molecule is CC(C)(C)c1ccc(Nc2cc3oc4cc(C(C)(C)C)ccc4c3cc2-c2c3c4c(c5cc(C(C)(C)C)ccc5n4-c4c(sc5ccc(C(C)(C)C)cc45)[B]3)c3sc4ccccc4c23)cc1. The first-order chi connectivity index (χ1) is 31.2. The highest BCUT2D eigenvalue weighted by Crippen LogP contribution is 2.51. The van der Waals surface area contributed by atoms with Crippen molar-refractivity contribution < 1.29 is 4.42 Å². The van der Waals surface area contributed by atoms with Crippen LogP contribution >= 0.6 is 22.7 Å². The summed E-state index contributed by atoms with van der Waals surface area (Å²) in [5.41, 5.74) is 16.7. The summed E-state index contributed by atoms with van der Waals surface area (Å²) in [5.74, 6) is 0. The third-order valence-corrected chi connectivity index (χ3v) is 16.6. The summed E-state index contributed by atoms with van der Waals surface area (Å²) in [4.78, 5) is 0. The molecule has 0 saturated carbocycles. The maximum absolute atomic E-state index is 6.87. The number of nitrogens with zero attached hydrogens (tertiary/aromatic N) is 1. The van der Waals surface area contributed by atoms with Gasteiger partial charge >= 0.3 is 0 Å². The monoisotopic (exact) mass is 895 g/mol. The molecule has 0 amide bonds. The summed E-state index contributed by atoms with van der Waals surface area (Å²) in [6, 6.07) is 44.0. The van der Waals surface area contributed by atoms with Gasteiger partial charge in [0, 0.05) is 69.1 Å². The number of nitrogens with one attached hydrogen (secondary N) is 1. The van der Waals surface area contributed by atoms with Gasteiger partial charge in [-0.15, -0.1) is 22.7 Å². The van der Waals surface area contributed by atoms with Gasteiger partial charge in [-0.2, -0.15) is 0 Å². The Hall–Kier alpha value is -5.82. The predicted molar refractivity (Wildman–Crippen MR) is 291 cm³/mol. The van der Waals surface area contributed by atoms with E-state index < -0.39 is 0 Å². The van der Waals surface area contributed by atoms with Crippen LogP contribution in [0.25, 0.3) is 90.8 Å². The Morgan fingerprint density at radius 3 is 1.83 bits per heavy atom. The molecule has 1 radical (unpaired) electrons. The van der Waals surface area contributed by atoms with Gasteiger partial charge in [0.1, 0.15) is 11.2 Å². The largest absolute Gasteiger partial charge is 0.456 e. The van der Waals surface area contributed by atoms with Crippen LogP contribution in [0.3, 0.4) is 0 Å². The molecule has 0 aliphatic carbocycles. The smallest absolute Gasteiger partial charge is 0.211 e. The summed E-state index contributed by atoms with van der Waals surface area (Å²) in [6.07, 6.45) is 0. The van der Waals surface area contributed by atoms with Gasteiger partial charge in [-0.1, -0.05) is 138 Å². The lowest BCUT2D eigenvalue weighted by atomic mass is 9.62. The van der Waals surface area contributed by atoms with E-state index in [4.69, 9.17) is 4.42 Å². The lowest BCUT2D eigenvalue weighted by molar-refractivity contribution is 0.587. The zero-order valence-electron chi connectivity index (χ0n) is 40.2. The van der Waals surface area contributed by atoms with Crippen molar-refractivity contribution in [1.82, 2.24) is 4.57 Å². The van der Waals surface area contributed by atoms with E-state index in [9.17, 15) is 0 Å². The standard InChI is InChI=1S/C60H56BN2OS2/c1-57(2,3)32-17-22-36(23-18-32)62-43-31-46-39(37-24-19-35(60(10,11)12)29-45(37)64-46)30-40(43)49-50-38-15-13-14-16-47(38)65-55(50)51-41-27-33(58(4,5)6)20-25-44(41)63-53-42-28-34(59(7,8)9)21-26-48(42)66-56(53)61-52(49)54(51)63/h13-31,62H,1-12H3. The first-order valence-electron chi connectivity index (χ1n) is 23.5. The van der Waals surface area contributed by atoms with Gasteiger partial charge in [-0.3, -0.25) is 0 Å². The number of rotatable bonds is 3. The summed E-state index contributed by atoms with van der Waals surface area (Å²) < 4.78 is 14.8. The van der Waals surface area contributed by atoms with Crippen LogP contribution in [-0.4, -0.2) is 11.8 Å². The number of hydrogen-bond donors (Lipinski definition) is 1. The fourth-order valence-electron chi connectivity index (χ4n) is 10.5. The van der Waals surface area contributed by atoms with E-state index >= 15 is 0 Å². The molecule has 1 aliphatic rings. The van der Waals surface area contributed by atoms with Crippen molar-refractivity contribution >= 4 is 126 Å². The Morgan fingerprint density at radius 1 is 0.515 bits per heavy atom. The molecule has 1 aliphatic heterocycles. The second-order valence-electron chi connectivity index (χ2n) is 23.0. The van der Waals surface area contributed by atoms with Crippen molar-refractivity contribution in [3.63, 3.8) is 0 Å². The van der Waals surface area contributed by atoms with Crippen LogP contribution in [0.4, 0.5) is 11.4 Å². The molecule has 66 heavy (non-hydrogen) atoms. The minimum absolute atomic E-state index is 0.00432. The van der Waals surface area contributed by atoms with Gasteiger partial charge in [0.05, 0.1) is 22.4 Å². The average Bonchev–Trinajstić information content (AvgIpc) is 4.01. The Balaban J connectivity index is 1.25. The summed E-state index contributed by atoms with van der Waals surface area (Å²) in [5, 5.41) is 12.8. The minimum atomic E-state index is -0.0130. The number of benzene rings is 7. The third kappa shape index (κ3) is 6.27. The molecule has 3 nitrogen and oxygen atoms in total. The molecule has 0 unspecified atom stereocenters. The molecule has 0 saturated heterocycles. The van der Waals surface area contributed by atoms with Crippen molar-refractivity contribution in [2.45, 2.75) is 105 Å². The maximum Gasteiger partial charge on any atom is 0.211 e. The molecular formula is C60H56BN2OS2. The quantitative estimate of drug-likeness (QED) is 0.179. The number of furan rings is 1. The van der Waals surface area contributed by atoms with Crippen LogP contribution < -0.4 is 15.6 Å². The van der Waals surface area contributed by atoms with Crippen LogP contribution in [0.5, 0.6) is 0 Å². The topological polar surface area (TPSA) is 30.1 Å². The molecule has 4 aromatic heterocycles. The highest BCUT2D eigenvalue weighted by molar-refractivity contribution is 7.29. The van der Waals surface area contributed by atoms with E-state index in [0.29, 0.717) is 0 Å². The first-order valence-corrected chi connectivity index (χ1v) is 25.1. The summed E-state index contributed by atoms with van der Waals surface area (Å²) in [7, 11) is 2.54. The Kier molecular flexibility index (Phi) is 8.74. The van der Waals surface area contributed by atoms with E-state index in [-0.39, 0.29) is 21.7 Å². The molecular weight excluding hydrogens is 840 g/mol. The molecule has 1 N–H and O–H groups in total. The second-order valence-corrected chi connectivity index (χ2v) is 25.1. The van der Waals surface area contributed by atoms with Crippen molar-refractivity contribution in [1.29, 1.82) is 0 Å². The van der Waals surface area contributed by atoms with Crippen molar-refractivity contribution in [2.24, 2.45) is 0 Å². The third-order valence-electron chi connectivity index (χ3n) is 14.3. The summed E-state index contributed by atoms with van der Waals surface area (Å²) >= 11 is 3.86. The van der Waals surface area contributed by atoms with Gasteiger partial charge < -0.3 is 14.3 Å². The molecule has 0 spiro atoms. The zero-order chi connectivity index (χ0) is 46.0. The minimum Gasteiger partial charge on any atom is -0.456 e. The molecule has 0 bridgehead atoms. The zero-order valence-corrected chi connectivity index (χ0v) is 41.9. The average molecular weight is 896 g/mol. The lowest BCUT2D eigenvalue weighted by Crippen LogP contribution is -2.35. The highest BCUT2D eigenvalue weighted by atomic mass is 32.1. The molecule has 0 fully saturated rings. The van der Waals surface area contributed by atoms with Gasteiger partial charge in [-0.05, 0) is 114 Å². The number of aromatic nitrogens is 1. The number of fused-ring (bicyclic) bond motifs is 14. The molecule has 6 heteroatoms. The second kappa shape index (κ2) is 13.9. The van der Waals surface area contributed by atoms with Crippen molar-refractivity contribution in [3.05, 3.63) is 138 Å². The lowest BCUT2D eigenvalue weighted by Gasteiger charge is -2.24. The van der Waals surface area contributed by atoms with Gasteiger partial charge in [0.25, 0.3) is 0 Å². The highest BCUT2D eigenvalue weighted by Gasteiger charge is 2.34. The van der Waals surface area contributed by atoms with Crippen LogP contribution in [0, 0.1) is 0 Å². The molecule has 12 rings (SSSR count). The Morgan fingerprint density at radius 2 is 1.12 bits per heavy atom. The maximum atomic E-state index is 6.87. The number of thiophene rings is 2. The van der Waals surface area contributed by atoms with E-state index in [1.165, 1.54) is 101 Å². The normalized spacial score (nSPS) is 13.6. The molecule has 11 aromatic rings. The van der Waals surface area contributed by atoms with Gasteiger partial charge in [-0.25, -0.2) is 0 Å². The first kappa shape index (κ1) is 41.6. The summed E-state index contributed by atoms with van der Waals surface area (Å²) in [6.45, 7) is 27.6. The number of hydrogen-bond acceptors (Lipinski definition) is 4. The predicted octanol–water partition coefficient (Wildman–Crippen LogP) is 16.8. The molecule has 327 valence electrons. The van der Waals surface area contributed by atoms with Crippen molar-refractivity contribution in [3.8, 4) is 16.8 Å². The fourth-order valence-corrected chi connectivity index (χ4v) is 12.8. The Bertz CT molecular complexity index is 3840. The number of anilines is 2. The molecule has 7 aromatic carbocycles. The van der Waals surface area contributed by atoms with E-state index in [1.54, 1.807) is 0 Å². The van der Waals surface area contributed by atoms with Crippen molar-refractivity contribution in [2.75, 3.05) is 5.32 Å². The van der Waals surface area contributed by atoms with E-state index in [1.807, 2.05) is 22.7 Å². The fraction of sp³-hybridized carbons (Fsp3) is 0.267. The van der Waals surface area contributed by atoms with E-state index in [2.05, 4.69) is 216 Å². The van der Waals surface area contributed by atoms with Crippen LogP contribution in [0.1, 0.15) is 105 Å². The van der Waals surface area contributed by atoms with Gasteiger partial charge in [0.2, 0.25) is 7.28 Å².